The first-order valence-electron chi connectivity index (χ1n) is 7.91. The van der Waals surface area contributed by atoms with E-state index in [9.17, 15) is 4.79 Å². The minimum atomic E-state index is -0.142. The second kappa shape index (κ2) is 7.63. The Balaban J connectivity index is 1.44. The van der Waals surface area contributed by atoms with Gasteiger partial charge in [-0.05, 0) is 36.4 Å². The zero-order valence-corrected chi connectivity index (χ0v) is 16.5. The van der Waals surface area contributed by atoms with E-state index in [1.807, 2.05) is 41.9 Å². The summed E-state index contributed by atoms with van der Waals surface area (Å²) in [7, 11) is 1.87. The van der Waals surface area contributed by atoms with E-state index in [1.54, 1.807) is 12.1 Å². The number of nitrogens with one attached hydrogen (secondary N) is 1. The molecule has 0 saturated heterocycles. The molecule has 2 aromatic heterocycles. The Morgan fingerprint density at radius 1 is 1.19 bits per heavy atom. The summed E-state index contributed by atoms with van der Waals surface area (Å²) in [4.78, 5) is 12.3. The number of carbonyl (C=O) groups is 1. The Morgan fingerprint density at radius 3 is 2.81 bits per heavy atom. The smallest absolute Gasteiger partial charge is 0.234 e. The summed E-state index contributed by atoms with van der Waals surface area (Å²) in [6, 6.07) is 12.9. The number of amides is 1. The van der Waals surface area contributed by atoms with Crippen LogP contribution < -0.4 is 5.32 Å². The Morgan fingerprint density at radius 2 is 2.00 bits per heavy atom. The van der Waals surface area contributed by atoms with E-state index in [1.165, 1.54) is 11.8 Å². The number of anilines is 1. The van der Waals surface area contributed by atoms with Crippen molar-refractivity contribution < 1.29 is 4.79 Å². The van der Waals surface area contributed by atoms with Gasteiger partial charge in [-0.15, -0.1) is 10.2 Å². The number of aromatic nitrogens is 5. The molecule has 2 heterocycles. The van der Waals surface area contributed by atoms with Gasteiger partial charge in [0.1, 0.15) is 11.0 Å². The highest BCUT2D eigenvalue weighted by Crippen LogP contribution is 2.25. The molecule has 1 amide bonds. The van der Waals surface area contributed by atoms with Gasteiger partial charge in [-0.1, -0.05) is 29.4 Å². The minimum Gasteiger partial charge on any atom is -0.323 e. The highest BCUT2D eigenvalue weighted by atomic mass is 35.5. The topological polar surface area (TPSA) is 85.6 Å². The number of rotatable bonds is 5. The molecule has 0 unspecified atom stereocenters. The maximum atomic E-state index is 12.3. The van der Waals surface area contributed by atoms with Gasteiger partial charge < -0.3 is 9.88 Å². The van der Waals surface area contributed by atoms with E-state index in [-0.39, 0.29) is 11.7 Å². The SMILES string of the molecule is Cn1c(SCC(=O)Nc2cccc3nsnc23)nnc1-c1ccc(Cl)cc1. The third kappa shape index (κ3) is 3.80. The molecule has 27 heavy (non-hydrogen) atoms. The van der Waals surface area contributed by atoms with Gasteiger partial charge >= 0.3 is 0 Å². The van der Waals surface area contributed by atoms with E-state index in [0.29, 0.717) is 27.2 Å². The lowest BCUT2D eigenvalue weighted by Crippen LogP contribution is -2.14. The second-order valence-corrected chi connectivity index (χ2v) is 7.55. The summed E-state index contributed by atoms with van der Waals surface area (Å²) < 4.78 is 10.2. The van der Waals surface area contributed by atoms with Gasteiger partial charge in [-0.25, -0.2) is 0 Å². The van der Waals surface area contributed by atoms with Crippen LogP contribution in [0.1, 0.15) is 0 Å². The molecule has 0 aliphatic rings. The Hall–Kier alpha value is -2.49. The third-order valence-corrected chi connectivity index (χ3v) is 5.64. The molecule has 0 aliphatic carbocycles. The van der Waals surface area contributed by atoms with Crippen molar-refractivity contribution in [2.75, 3.05) is 11.1 Å². The molecule has 0 saturated carbocycles. The van der Waals surface area contributed by atoms with Crippen LogP contribution in [0, 0.1) is 0 Å². The van der Waals surface area contributed by atoms with Crippen LogP contribution in [-0.2, 0) is 11.8 Å². The van der Waals surface area contributed by atoms with Crippen molar-refractivity contribution in [2.24, 2.45) is 7.05 Å². The van der Waals surface area contributed by atoms with E-state index in [2.05, 4.69) is 24.3 Å². The van der Waals surface area contributed by atoms with Gasteiger partial charge in [0.2, 0.25) is 5.91 Å². The van der Waals surface area contributed by atoms with Crippen LogP contribution in [0.2, 0.25) is 5.02 Å². The largest absolute Gasteiger partial charge is 0.323 e. The predicted molar refractivity (Wildman–Crippen MR) is 108 cm³/mol. The molecular formula is C17H13ClN6OS2. The molecule has 0 atom stereocenters. The summed E-state index contributed by atoms with van der Waals surface area (Å²) in [5.41, 5.74) is 3.04. The lowest BCUT2D eigenvalue weighted by Gasteiger charge is -2.06. The Kier molecular flexibility index (Phi) is 5.06. The van der Waals surface area contributed by atoms with Gasteiger partial charge in [0.25, 0.3) is 0 Å². The number of nitrogens with zero attached hydrogens (tertiary/aromatic N) is 5. The van der Waals surface area contributed by atoms with Gasteiger partial charge in [0, 0.05) is 17.6 Å². The normalized spacial score (nSPS) is 11.0. The van der Waals surface area contributed by atoms with Crippen LogP contribution in [0.3, 0.4) is 0 Å². The van der Waals surface area contributed by atoms with Gasteiger partial charge in [-0.3, -0.25) is 4.79 Å². The van der Waals surface area contributed by atoms with Crippen molar-refractivity contribution in [3.63, 3.8) is 0 Å². The van der Waals surface area contributed by atoms with Crippen molar-refractivity contribution in [1.29, 1.82) is 0 Å². The fraction of sp³-hybridized carbons (Fsp3) is 0.118. The molecule has 0 bridgehead atoms. The molecule has 10 heteroatoms. The average molecular weight is 417 g/mol. The van der Waals surface area contributed by atoms with Gasteiger partial charge in [0.05, 0.1) is 23.2 Å². The number of hydrogen-bond donors (Lipinski definition) is 1. The van der Waals surface area contributed by atoms with Gasteiger partial charge in [0.15, 0.2) is 11.0 Å². The minimum absolute atomic E-state index is 0.142. The van der Waals surface area contributed by atoms with Crippen LogP contribution in [0.5, 0.6) is 0 Å². The zero-order valence-electron chi connectivity index (χ0n) is 14.1. The van der Waals surface area contributed by atoms with Gasteiger partial charge in [-0.2, -0.15) is 8.75 Å². The zero-order chi connectivity index (χ0) is 18.8. The molecule has 0 fully saturated rings. The quantitative estimate of drug-likeness (QED) is 0.497. The molecule has 0 radical (unpaired) electrons. The number of fused-ring (bicyclic) bond motifs is 1. The van der Waals surface area contributed by atoms with E-state index in [0.717, 1.165) is 22.8 Å². The van der Waals surface area contributed by atoms with Crippen molar-refractivity contribution >= 4 is 57.7 Å². The maximum Gasteiger partial charge on any atom is 0.234 e. The highest BCUT2D eigenvalue weighted by molar-refractivity contribution is 7.99. The monoisotopic (exact) mass is 416 g/mol. The first-order chi connectivity index (χ1) is 13.1. The molecule has 0 aliphatic heterocycles. The standard InChI is InChI=1S/C17H13ClN6OS2/c1-24-16(10-5-7-11(18)8-6-10)20-21-17(24)26-9-14(25)19-12-3-2-4-13-15(12)23-27-22-13/h2-8H,9H2,1H3,(H,19,25). The predicted octanol–water partition coefficient (Wildman–Crippen LogP) is 3.87. The van der Waals surface area contributed by atoms with E-state index >= 15 is 0 Å². The molecule has 4 aromatic rings. The van der Waals surface area contributed by atoms with Crippen molar-refractivity contribution in [2.45, 2.75) is 5.16 Å². The molecule has 1 N–H and O–H groups in total. The second-order valence-electron chi connectivity index (χ2n) is 5.65. The molecule has 0 spiro atoms. The highest BCUT2D eigenvalue weighted by Gasteiger charge is 2.14. The van der Waals surface area contributed by atoms with Crippen LogP contribution in [-0.4, -0.2) is 35.2 Å². The van der Waals surface area contributed by atoms with Crippen LogP contribution in [0.4, 0.5) is 5.69 Å². The summed E-state index contributed by atoms with van der Waals surface area (Å²) in [6.45, 7) is 0. The maximum absolute atomic E-state index is 12.3. The van der Waals surface area contributed by atoms with E-state index in [4.69, 9.17) is 11.6 Å². The Bertz CT molecular complexity index is 1110. The number of thioether (sulfide) groups is 1. The number of halogens is 1. The first kappa shape index (κ1) is 17.9. The fourth-order valence-electron chi connectivity index (χ4n) is 2.51. The van der Waals surface area contributed by atoms with Crippen LogP contribution in [0.25, 0.3) is 22.4 Å². The number of benzene rings is 2. The average Bonchev–Trinajstić information content (AvgIpc) is 3.28. The lowest BCUT2D eigenvalue weighted by molar-refractivity contribution is -0.113. The summed E-state index contributed by atoms with van der Waals surface area (Å²) in [5, 5.41) is 12.6. The number of carbonyl (C=O) groups excluding carboxylic acids is 1. The van der Waals surface area contributed by atoms with Crippen LogP contribution in [0.15, 0.2) is 47.6 Å². The summed E-state index contributed by atoms with van der Waals surface area (Å²) in [5.74, 6) is 0.782. The molecule has 2 aromatic carbocycles. The summed E-state index contributed by atoms with van der Waals surface area (Å²) >= 11 is 8.36. The summed E-state index contributed by atoms with van der Waals surface area (Å²) in [6.07, 6.45) is 0. The van der Waals surface area contributed by atoms with Crippen molar-refractivity contribution in [3.8, 4) is 11.4 Å². The van der Waals surface area contributed by atoms with E-state index < -0.39 is 0 Å². The third-order valence-electron chi connectivity index (χ3n) is 3.83. The molecule has 4 rings (SSSR count). The first-order valence-corrected chi connectivity index (χ1v) is 10.0. The van der Waals surface area contributed by atoms with Crippen LogP contribution >= 0.6 is 35.1 Å². The lowest BCUT2D eigenvalue weighted by atomic mass is 10.2. The van der Waals surface area contributed by atoms with Crippen molar-refractivity contribution in [1.82, 2.24) is 23.5 Å². The molecule has 136 valence electrons. The molecule has 7 nitrogen and oxygen atoms in total. The van der Waals surface area contributed by atoms with Crippen molar-refractivity contribution in [3.05, 3.63) is 47.5 Å². The fourth-order valence-corrected chi connectivity index (χ4v) is 3.90. The molecular weight excluding hydrogens is 404 g/mol. The number of hydrogen-bond acceptors (Lipinski definition) is 7. The Labute approximate surface area is 168 Å².